The van der Waals surface area contributed by atoms with Gasteiger partial charge in [-0.05, 0) is 76.2 Å². The van der Waals surface area contributed by atoms with Gasteiger partial charge in [-0.25, -0.2) is 19.9 Å². The van der Waals surface area contributed by atoms with Crippen LogP contribution >= 0.6 is 46.4 Å². The van der Waals surface area contributed by atoms with Crippen molar-refractivity contribution in [1.82, 2.24) is 41.2 Å². The maximum absolute atomic E-state index is 12.6. The first-order valence-electron chi connectivity index (χ1n) is 22.4. The lowest BCUT2D eigenvalue weighted by molar-refractivity contribution is -0.138. The Morgan fingerprint density at radius 1 is 0.417 bits per heavy atom. The summed E-state index contributed by atoms with van der Waals surface area (Å²) in [6, 6.07) is 10.3. The van der Waals surface area contributed by atoms with E-state index in [1.54, 1.807) is 0 Å². The summed E-state index contributed by atoms with van der Waals surface area (Å²) in [6.07, 6.45) is -17.8. The number of hydrogen-bond acceptors (Lipinski definition) is 12. The molecule has 4 aromatic rings. The lowest BCUT2D eigenvalue weighted by Gasteiger charge is -2.35. The average Bonchev–Trinajstić information content (AvgIpc) is 3.28. The highest BCUT2D eigenvalue weighted by atomic mass is 35.5. The highest BCUT2D eigenvalue weighted by Gasteiger charge is 2.38. The standard InChI is InChI=1S/4C11H13ClF3N3/c2*1-7-6-18(5-4-16-7)9-3-2-8(10(12)17-9)11(13,14)15;2*1-7-6-16-4-5-18(7)9-3-2-8(10(12)17-9)11(13,14)15/h4*2-3,7,16H,4-6H2,1H3/t4*7-/m1010/s1. The van der Waals surface area contributed by atoms with Crippen LogP contribution in [0.25, 0.3) is 0 Å². The summed E-state index contributed by atoms with van der Waals surface area (Å²) in [5.41, 5.74) is -3.57. The first-order chi connectivity index (χ1) is 33.5. The molecule has 0 spiro atoms. The van der Waals surface area contributed by atoms with Crippen LogP contribution in [0.3, 0.4) is 0 Å². The maximum Gasteiger partial charge on any atom is 0.419 e. The SMILES string of the molecule is C[C@@H]1CN(c2ccc(C(F)(F)F)c(Cl)n2)CCN1.C[C@@H]1CNCCN1c1ccc(C(F)(F)F)c(Cl)n1.C[C@H]1CN(c2ccc(C(F)(F)F)c(Cl)n2)CCN1.C[C@H]1CNCCN1c1ccc(C(F)(F)F)c(Cl)n1. The molecule has 72 heavy (non-hydrogen) atoms. The van der Waals surface area contributed by atoms with Gasteiger partial charge in [0.2, 0.25) is 0 Å². The van der Waals surface area contributed by atoms with E-state index in [2.05, 4.69) is 41.2 Å². The number of hydrogen-bond donors (Lipinski definition) is 4. The molecule has 28 heteroatoms. The molecule has 0 aromatic carbocycles. The fourth-order valence-electron chi connectivity index (χ4n) is 7.86. The molecule has 0 radical (unpaired) electrons. The number of piperazine rings is 4. The molecule has 400 valence electrons. The molecule has 4 fully saturated rings. The molecule has 4 N–H and O–H groups in total. The van der Waals surface area contributed by atoms with E-state index in [0.29, 0.717) is 62.5 Å². The number of rotatable bonds is 4. The Morgan fingerprint density at radius 2 is 0.694 bits per heavy atom. The second kappa shape index (κ2) is 25.0. The summed E-state index contributed by atoms with van der Waals surface area (Å²) >= 11 is 22.4. The van der Waals surface area contributed by atoms with Gasteiger partial charge in [0.25, 0.3) is 0 Å². The summed E-state index contributed by atoms with van der Waals surface area (Å²) in [5, 5.41) is 10.9. The smallest absolute Gasteiger partial charge is 0.354 e. The Bertz CT molecular complexity index is 2230. The van der Waals surface area contributed by atoms with E-state index in [-0.39, 0.29) is 24.2 Å². The number of pyridine rings is 4. The van der Waals surface area contributed by atoms with E-state index in [0.717, 1.165) is 63.5 Å². The number of nitrogens with one attached hydrogen (secondary N) is 4. The summed E-state index contributed by atoms with van der Waals surface area (Å²) in [7, 11) is 0. The highest BCUT2D eigenvalue weighted by molar-refractivity contribution is 6.31. The topological polar surface area (TPSA) is 113 Å². The van der Waals surface area contributed by atoms with Crippen molar-refractivity contribution in [2.75, 3.05) is 98.1 Å². The van der Waals surface area contributed by atoms with Gasteiger partial charge in [-0.1, -0.05) is 46.4 Å². The first-order valence-corrected chi connectivity index (χ1v) is 23.9. The van der Waals surface area contributed by atoms with Crippen LogP contribution < -0.4 is 40.9 Å². The molecule has 4 aromatic heterocycles. The molecule has 8 rings (SSSR count). The highest BCUT2D eigenvalue weighted by Crippen LogP contribution is 2.38. The second-order valence-electron chi connectivity index (χ2n) is 17.1. The van der Waals surface area contributed by atoms with Crippen molar-refractivity contribution in [3.8, 4) is 0 Å². The minimum absolute atomic E-state index is 0.180. The molecule has 4 aliphatic heterocycles. The molecule has 0 amide bonds. The van der Waals surface area contributed by atoms with E-state index in [1.807, 2.05) is 47.3 Å². The molecule has 0 saturated carbocycles. The van der Waals surface area contributed by atoms with E-state index in [9.17, 15) is 52.7 Å². The molecular weight excluding hydrogens is 1070 g/mol. The summed E-state index contributed by atoms with van der Waals surface area (Å²) in [4.78, 5) is 23.1. The molecule has 12 nitrogen and oxygen atoms in total. The third-order valence-electron chi connectivity index (χ3n) is 11.5. The molecule has 0 unspecified atom stereocenters. The van der Waals surface area contributed by atoms with Crippen LogP contribution in [0.5, 0.6) is 0 Å². The molecule has 4 atom stereocenters. The molecule has 4 aliphatic rings. The van der Waals surface area contributed by atoms with Crippen molar-refractivity contribution in [3.63, 3.8) is 0 Å². The third-order valence-corrected chi connectivity index (χ3v) is 12.7. The average molecular weight is 1120 g/mol. The van der Waals surface area contributed by atoms with E-state index in [1.165, 1.54) is 24.3 Å². The van der Waals surface area contributed by atoms with Crippen molar-refractivity contribution in [1.29, 1.82) is 0 Å². The maximum atomic E-state index is 12.6. The Hall–Kier alpha value is -4.04. The minimum Gasteiger partial charge on any atom is -0.354 e. The molecule has 0 aliphatic carbocycles. The van der Waals surface area contributed by atoms with Gasteiger partial charge in [0.15, 0.2) is 0 Å². The van der Waals surface area contributed by atoms with Gasteiger partial charge >= 0.3 is 24.7 Å². The zero-order valence-corrected chi connectivity index (χ0v) is 42.1. The van der Waals surface area contributed by atoms with E-state index < -0.39 is 67.6 Å². The van der Waals surface area contributed by atoms with Crippen LogP contribution in [-0.2, 0) is 24.7 Å². The monoisotopic (exact) mass is 1120 g/mol. The lowest BCUT2D eigenvalue weighted by Crippen LogP contribution is -2.50. The first kappa shape index (κ1) is 58.8. The predicted molar refractivity (Wildman–Crippen MR) is 256 cm³/mol. The normalized spacial score (nSPS) is 21.2. The van der Waals surface area contributed by atoms with Crippen LogP contribution in [0.2, 0.25) is 20.6 Å². The Morgan fingerprint density at radius 3 is 0.944 bits per heavy atom. The molecular formula is C44H52Cl4F12N12. The number of aromatic nitrogens is 4. The summed E-state index contributed by atoms with van der Waals surface area (Å²) in [6.45, 7) is 16.9. The lowest BCUT2D eigenvalue weighted by atomic mass is 10.2. The van der Waals surface area contributed by atoms with Gasteiger partial charge in [-0.15, -0.1) is 0 Å². The van der Waals surface area contributed by atoms with Gasteiger partial charge in [0, 0.05) is 103 Å². The van der Waals surface area contributed by atoms with Gasteiger partial charge in [0.05, 0.1) is 22.3 Å². The summed E-state index contributed by atoms with van der Waals surface area (Å²) < 4.78 is 151. The van der Waals surface area contributed by atoms with Crippen LogP contribution in [0.15, 0.2) is 48.5 Å². The third kappa shape index (κ3) is 16.5. The Balaban J connectivity index is 0.000000178. The van der Waals surface area contributed by atoms with Crippen molar-refractivity contribution < 1.29 is 52.7 Å². The van der Waals surface area contributed by atoms with Crippen molar-refractivity contribution in [2.45, 2.75) is 76.6 Å². The zero-order valence-electron chi connectivity index (χ0n) is 39.0. The van der Waals surface area contributed by atoms with Gasteiger partial charge in [-0.3, -0.25) is 0 Å². The molecule has 4 saturated heterocycles. The van der Waals surface area contributed by atoms with Crippen LogP contribution in [0.4, 0.5) is 76.0 Å². The number of nitrogens with zero attached hydrogens (tertiary/aromatic N) is 8. The van der Waals surface area contributed by atoms with Crippen LogP contribution in [0, 0.1) is 0 Å². The van der Waals surface area contributed by atoms with Crippen molar-refractivity contribution in [2.24, 2.45) is 0 Å². The number of alkyl halides is 12. The fourth-order valence-corrected chi connectivity index (χ4v) is 8.89. The van der Waals surface area contributed by atoms with Crippen LogP contribution in [0.1, 0.15) is 49.9 Å². The van der Waals surface area contributed by atoms with Gasteiger partial charge in [0.1, 0.15) is 43.9 Å². The van der Waals surface area contributed by atoms with Crippen molar-refractivity contribution >= 4 is 69.7 Å². The summed E-state index contributed by atoms with van der Waals surface area (Å²) in [5.74, 6) is 1.95. The quantitative estimate of drug-likeness (QED) is 0.115. The minimum atomic E-state index is -4.46. The predicted octanol–water partition coefficient (Wildman–Crippen LogP) is 10.2. The fraction of sp³-hybridized carbons (Fsp3) is 0.545. The molecule has 8 heterocycles. The van der Waals surface area contributed by atoms with Gasteiger partial charge in [-0.2, -0.15) is 52.7 Å². The van der Waals surface area contributed by atoms with E-state index in [4.69, 9.17) is 46.4 Å². The Kier molecular flexibility index (Phi) is 20.4. The zero-order chi connectivity index (χ0) is 53.3. The number of halogens is 16. The van der Waals surface area contributed by atoms with Gasteiger partial charge < -0.3 is 40.9 Å². The largest absolute Gasteiger partial charge is 0.419 e. The second-order valence-corrected chi connectivity index (χ2v) is 18.5. The Labute approximate surface area is 428 Å². The van der Waals surface area contributed by atoms with Crippen molar-refractivity contribution in [3.05, 3.63) is 91.4 Å². The van der Waals surface area contributed by atoms with E-state index >= 15 is 0 Å². The molecule has 0 bridgehead atoms. The van der Waals surface area contributed by atoms with Crippen LogP contribution in [-0.4, -0.2) is 123 Å². The number of anilines is 4.